The van der Waals surface area contributed by atoms with Crippen LogP contribution in [0.4, 0.5) is 24.5 Å². The van der Waals surface area contributed by atoms with Crippen molar-refractivity contribution in [2.24, 2.45) is 0 Å². The first kappa shape index (κ1) is 23.6. The number of nitrogens with one attached hydrogen (secondary N) is 2. The summed E-state index contributed by atoms with van der Waals surface area (Å²) in [5.41, 5.74) is -0.670. The minimum absolute atomic E-state index is 0.171. The third kappa shape index (κ3) is 5.16. The molecule has 0 atom stereocenters. The van der Waals surface area contributed by atoms with E-state index in [1.165, 1.54) is 43.5 Å². The molecule has 178 valence electrons. The van der Waals surface area contributed by atoms with Crippen molar-refractivity contribution >= 4 is 23.2 Å². The number of para-hydroxylation sites is 3. The summed E-state index contributed by atoms with van der Waals surface area (Å²) in [5, 5.41) is 8.92. The Labute approximate surface area is 198 Å². The van der Waals surface area contributed by atoms with Gasteiger partial charge in [-0.1, -0.05) is 30.3 Å². The Kier molecular flexibility index (Phi) is 6.54. The Bertz CT molecular complexity index is 1350. The van der Waals surface area contributed by atoms with Gasteiger partial charge in [0.2, 0.25) is 0 Å². The first-order chi connectivity index (χ1) is 16.8. The fourth-order valence-electron chi connectivity index (χ4n) is 3.40. The summed E-state index contributed by atoms with van der Waals surface area (Å²) in [6.45, 7) is 0. The van der Waals surface area contributed by atoms with Crippen LogP contribution in [-0.4, -0.2) is 28.7 Å². The number of hydrogen-bond acceptors (Lipinski definition) is 4. The maximum Gasteiger partial charge on any atom is 0.434 e. The Morgan fingerprint density at radius 2 is 1.51 bits per heavy atom. The van der Waals surface area contributed by atoms with Gasteiger partial charge in [-0.25, -0.2) is 4.68 Å². The maximum atomic E-state index is 13.8. The third-order valence-electron chi connectivity index (χ3n) is 5.04. The van der Waals surface area contributed by atoms with Gasteiger partial charge in [-0.3, -0.25) is 9.59 Å². The smallest absolute Gasteiger partial charge is 0.434 e. The van der Waals surface area contributed by atoms with Gasteiger partial charge in [0.1, 0.15) is 5.75 Å². The van der Waals surface area contributed by atoms with Crippen molar-refractivity contribution in [1.29, 1.82) is 0 Å². The quantitative estimate of drug-likeness (QED) is 0.387. The summed E-state index contributed by atoms with van der Waals surface area (Å²) >= 11 is 0. The zero-order chi connectivity index (χ0) is 25.0. The second-order valence-corrected chi connectivity index (χ2v) is 7.34. The standard InChI is InChI=1S/C25H19F3N4O3/c1-35-21-10-6-5-9-20(21)31-23(33)16-11-13-17(14-12-16)30-24(34)19-15-29-32(22(19)25(26,27)28)18-7-3-2-4-8-18/h2-15H,1H3,(H,30,34)(H,31,33). The molecule has 0 aliphatic rings. The van der Waals surface area contributed by atoms with Crippen LogP contribution in [0.1, 0.15) is 26.4 Å². The van der Waals surface area contributed by atoms with Crippen molar-refractivity contribution in [3.8, 4) is 11.4 Å². The molecule has 0 fully saturated rings. The summed E-state index contributed by atoms with van der Waals surface area (Å²) in [5.74, 6) is -0.914. The van der Waals surface area contributed by atoms with Crippen LogP contribution in [-0.2, 0) is 6.18 Å². The number of rotatable bonds is 6. The first-order valence-electron chi connectivity index (χ1n) is 10.3. The lowest BCUT2D eigenvalue weighted by atomic mass is 10.1. The van der Waals surface area contributed by atoms with E-state index in [9.17, 15) is 22.8 Å². The van der Waals surface area contributed by atoms with Gasteiger partial charge < -0.3 is 15.4 Å². The number of alkyl halides is 3. The molecular weight excluding hydrogens is 461 g/mol. The number of anilines is 2. The summed E-state index contributed by atoms with van der Waals surface area (Å²) in [6, 6.07) is 20.3. The molecule has 7 nitrogen and oxygen atoms in total. The number of methoxy groups -OCH3 is 1. The molecule has 0 radical (unpaired) electrons. The summed E-state index contributed by atoms with van der Waals surface area (Å²) in [4.78, 5) is 25.2. The lowest BCUT2D eigenvalue weighted by molar-refractivity contribution is -0.143. The number of nitrogens with zero attached hydrogens (tertiary/aromatic N) is 2. The van der Waals surface area contributed by atoms with Gasteiger partial charge in [-0.15, -0.1) is 0 Å². The molecule has 0 aliphatic carbocycles. The zero-order valence-corrected chi connectivity index (χ0v) is 18.3. The zero-order valence-electron chi connectivity index (χ0n) is 18.3. The van der Waals surface area contributed by atoms with Gasteiger partial charge in [-0.05, 0) is 48.5 Å². The van der Waals surface area contributed by atoms with E-state index in [1.54, 1.807) is 42.5 Å². The first-order valence-corrected chi connectivity index (χ1v) is 10.3. The molecule has 1 aromatic heterocycles. The highest BCUT2D eigenvalue weighted by Gasteiger charge is 2.40. The second kappa shape index (κ2) is 9.72. The minimum atomic E-state index is -4.82. The molecule has 0 bridgehead atoms. The van der Waals surface area contributed by atoms with E-state index in [0.29, 0.717) is 16.1 Å². The van der Waals surface area contributed by atoms with Crippen molar-refractivity contribution < 1.29 is 27.5 Å². The Balaban J connectivity index is 1.52. The van der Waals surface area contributed by atoms with Crippen molar-refractivity contribution in [2.75, 3.05) is 17.7 Å². The van der Waals surface area contributed by atoms with Crippen molar-refractivity contribution in [1.82, 2.24) is 9.78 Å². The number of halogens is 3. The van der Waals surface area contributed by atoms with Crippen LogP contribution < -0.4 is 15.4 Å². The fraction of sp³-hybridized carbons (Fsp3) is 0.0800. The predicted molar refractivity (Wildman–Crippen MR) is 124 cm³/mol. The number of ether oxygens (including phenoxy) is 1. The SMILES string of the molecule is COc1ccccc1NC(=O)c1ccc(NC(=O)c2cnn(-c3ccccc3)c2C(F)(F)F)cc1. The molecule has 0 unspecified atom stereocenters. The molecule has 4 aromatic rings. The van der Waals surface area contributed by atoms with Gasteiger partial charge in [0.15, 0.2) is 5.69 Å². The molecule has 3 aromatic carbocycles. The van der Waals surface area contributed by atoms with E-state index in [-0.39, 0.29) is 16.9 Å². The molecule has 2 amide bonds. The number of carbonyl (C=O) groups is 2. The van der Waals surface area contributed by atoms with Crippen LogP contribution in [0.15, 0.2) is 85.1 Å². The van der Waals surface area contributed by atoms with E-state index < -0.39 is 29.2 Å². The molecular formula is C25H19F3N4O3. The van der Waals surface area contributed by atoms with Crippen molar-refractivity contribution in [2.45, 2.75) is 6.18 Å². The third-order valence-corrected chi connectivity index (χ3v) is 5.04. The Morgan fingerprint density at radius 1 is 0.857 bits per heavy atom. The van der Waals surface area contributed by atoms with Crippen molar-refractivity contribution in [3.63, 3.8) is 0 Å². The lowest BCUT2D eigenvalue weighted by Gasteiger charge is -2.13. The lowest BCUT2D eigenvalue weighted by Crippen LogP contribution is -2.20. The largest absolute Gasteiger partial charge is 0.495 e. The fourth-order valence-corrected chi connectivity index (χ4v) is 3.40. The highest BCUT2D eigenvalue weighted by atomic mass is 19.4. The van der Waals surface area contributed by atoms with Gasteiger partial charge >= 0.3 is 6.18 Å². The van der Waals surface area contributed by atoms with Crippen LogP contribution in [0.5, 0.6) is 5.75 Å². The molecule has 2 N–H and O–H groups in total. The Hall–Kier alpha value is -4.60. The molecule has 0 spiro atoms. The van der Waals surface area contributed by atoms with Crippen LogP contribution in [0, 0.1) is 0 Å². The number of amides is 2. The minimum Gasteiger partial charge on any atom is -0.495 e. The van der Waals surface area contributed by atoms with E-state index in [1.807, 2.05) is 0 Å². The topological polar surface area (TPSA) is 85.2 Å². The van der Waals surface area contributed by atoms with Gasteiger partial charge in [0.25, 0.3) is 11.8 Å². The van der Waals surface area contributed by atoms with Gasteiger partial charge in [-0.2, -0.15) is 18.3 Å². The Morgan fingerprint density at radius 3 is 2.17 bits per heavy atom. The highest BCUT2D eigenvalue weighted by molar-refractivity contribution is 6.07. The van der Waals surface area contributed by atoms with E-state index in [0.717, 1.165) is 6.20 Å². The van der Waals surface area contributed by atoms with Crippen LogP contribution in [0.2, 0.25) is 0 Å². The van der Waals surface area contributed by atoms with Crippen LogP contribution in [0.3, 0.4) is 0 Å². The van der Waals surface area contributed by atoms with Crippen LogP contribution >= 0.6 is 0 Å². The molecule has 10 heteroatoms. The molecule has 1 heterocycles. The van der Waals surface area contributed by atoms with Gasteiger partial charge in [0, 0.05) is 11.3 Å². The van der Waals surface area contributed by atoms with Crippen LogP contribution in [0.25, 0.3) is 5.69 Å². The number of carbonyl (C=O) groups excluding carboxylic acids is 2. The highest BCUT2D eigenvalue weighted by Crippen LogP contribution is 2.34. The number of hydrogen-bond donors (Lipinski definition) is 2. The van der Waals surface area contributed by atoms with Crippen molar-refractivity contribution in [3.05, 3.63) is 102 Å². The predicted octanol–water partition coefficient (Wildman–Crippen LogP) is 5.40. The average Bonchev–Trinajstić information content (AvgIpc) is 3.32. The number of benzene rings is 3. The van der Waals surface area contributed by atoms with E-state index in [2.05, 4.69) is 15.7 Å². The van der Waals surface area contributed by atoms with E-state index in [4.69, 9.17) is 4.74 Å². The monoisotopic (exact) mass is 480 g/mol. The van der Waals surface area contributed by atoms with E-state index >= 15 is 0 Å². The average molecular weight is 480 g/mol. The molecule has 0 saturated heterocycles. The summed E-state index contributed by atoms with van der Waals surface area (Å²) in [6.07, 6.45) is -3.94. The summed E-state index contributed by atoms with van der Waals surface area (Å²) in [7, 11) is 1.48. The maximum absolute atomic E-state index is 13.8. The molecule has 4 rings (SSSR count). The molecule has 0 saturated carbocycles. The summed E-state index contributed by atoms with van der Waals surface area (Å²) < 4.78 is 47.3. The number of aromatic nitrogens is 2. The molecule has 0 aliphatic heterocycles. The molecule has 35 heavy (non-hydrogen) atoms. The van der Waals surface area contributed by atoms with Gasteiger partial charge in [0.05, 0.1) is 30.2 Å². The normalized spacial score (nSPS) is 11.1. The second-order valence-electron chi connectivity index (χ2n) is 7.34.